The molecule has 0 saturated carbocycles. The number of aromatic nitrogens is 1. The predicted molar refractivity (Wildman–Crippen MR) is 70.3 cm³/mol. The van der Waals surface area contributed by atoms with E-state index in [0.717, 1.165) is 6.07 Å². The largest absolute Gasteiger partial charge is 0.461 e. The average Bonchev–Trinajstić information content (AvgIpc) is 2.81. The van der Waals surface area contributed by atoms with Gasteiger partial charge in [-0.15, -0.1) is 4.91 Å². The number of fused-ring (bicyclic) bond motifs is 1. The van der Waals surface area contributed by atoms with Crippen LogP contribution in [0.15, 0.2) is 23.4 Å². The van der Waals surface area contributed by atoms with E-state index in [1.807, 2.05) is 0 Å². The molecule has 1 heterocycles. The van der Waals surface area contributed by atoms with Crippen LogP contribution in [-0.4, -0.2) is 24.3 Å². The lowest BCUT2D eigenvalue weighted by molar-refractivity contribution is 0.0496. The summed E-state index contributed by atoms with van der Waals surface area (Å²) >= 11 is 0. The van der Waals surface area contributed by atoms with Crippen molar-refractivity contribution in [3.05, 3.63) is 34.6 Å². The highest BCUT2D eigenvalue weighted by atomic mass is 19.1. The molecule has 106 valence electrons. The molecule has 20 heavy (non-hydrogen) atoms. The van der Waals surface area contributed by atoms with Crippen molar-refractivity contribution < 1.29 is 18.7 Å². The normalized spacial score (nSPS) is 10.8. The first kappa shape index (κ1) is 14.1. The number of hydrogen-bond donors (Lipinski definition) is 0. The molecule has 1 aromatic carbocycles. The van der Waals surface area contributed by atoms with Crippen molar-refractivity contribution in [1.29, 1.82) is 0 Å². The first-order chi connectivity index (χ1) is 9.63. The van der Waals surface area contributed by atoms with Crippen molar-refractivity contribution >= 4 is 22.6 Å². The van der Waals surface area contributed by atoms with Crippen molar-refractivity contribution in [3.8, 4) is 0 Å². The molecule has 0 aliphatic rings. The second-order valence-electron chi connectivity index (χ2n) is 4.02. The van der Waals surface area contributed by atoms with Gasteiger partial charge in [0, 0.05) is 12.5 Å². The molecule has 0 N–H and O–H groups in total. The predicted octanol–water partition coefficient (Wildman–Crippen LogP) is 2.96. The fourth-order valence-corrected chi connectivity index (χ4v) is 2.04. The second-order valence-corrected chi connectivity index (χ2v) is 4.02. The SMILES string of the molecule is CCOC(=O)c1cc2c(F)ccc(N=O)c2n1COC. The van der Waals surface area contributed by atoms with Gasteiger partial charge in [0.1, 0.15) is 23.9 Å². The molecule has 0 aliphatic carbocycles. The molecule has 0 amide bonds. The maximum atomic E-state index is 13.8. The summed E-state index contributed by atoms with van der Waals surface area (Å²) in [6, 6.07) is 3.72. The molecular formula is C13H13FN2O4. The minimum Gasteiger partial charge on any atom is -0.461 e. The smallest absolute Gasteiger partial charge is 0.355 e. The summed E-state index contributed by atoms with van der Waals surface area (Å²) in [5, 5.41) is 2.98. The molecule has 0 unspecified atom stereocenters. The van der Waals surface area contributed by atoms with Crippen LogP contribution < -0.4 is 0 Å². The molecule has 1 aromatic heterocycles. The Balaban J connectivity index is 2.75. The third kappa shape index (κ3) is 2.27. The number of carbonyl (C=O) groups is 1. The Morgan fingerprint density at radius 3 is 2.80 bits per heavy atom. The minimum absolute atomic E-state index is 0.0242. The summed E-state index contributed by atoms with van der Waals surface area (Å²) in [6.45, 7) is 1.83. The number of benzene rings is 1. The van der Waals surface area contributed by atoms with Crippen LogP contribution >= 0.6 is 0 Å². The lowest BCUT2D eigenvalue weighted by Crippen LogP contribution is -2.13. The first-order valence-corrected chi connectivity index (χ1v) is 5.95. The Bertz CT molecular complexity index is 666. The molecule has 0 radical (unpaired) electrons. The summed E-state index contributed by atoms with van der Waals surface area (Å²) in [6.07, 6.45) is 0. The van der Waals surface area contributed by atoms with E-state index in [0.29, 0.717) is 0 Å². The third-order valence-corrected chi connectivity index (χ3v) is 2.83. The Morgan fingerprint density at radius 1 is 1.45 bits per heavy atom. The highest BCUT2D eigenvalue weighted by molar-refractivity contribution is 5.99. The van der Waals surface area contributed by atoms with Gasteiger partial charge in [-0.3, -0.25) is 0 Å². The number of ether oxygens (including phenoxy) is 2. The number of nitroso groups, excluding NO2 is 1. The van der Waals surface area contributed by atoms with Gasteiger partial charge in [-0.1, -0.05) is 0 Å². The van der Waals surface area contributed by atoms with Gasteiger partial charge in [-0.2, -0.15) is 0 Å². The second kappa shape index (κ2) is 5.79. The van der Waals surface area contributed by atoms with Crippen molar-refractivity contribution in [2.75, 3.05) is 13.7 Å². The lowest BCUT2D eigenvalue weighted by Gasteiger charge is -2.09. The molecule has 0 fully saturated rings. The molecular weight excluding hydrogens is 267 g/mol. The van der Waals surface area contributed by atoms with Gasteiger partial charge in [0.05, 0.1) is 12.1 Å². The van der Waals surface area contributed by atoms with Gasteiger partial charge in [0.15, 0.2) is 0 Å². The van der Waals surface area contributed by atoms with Crippen LogP contribution in [-0.2, 0) is 16.2 Å². The fraction of sp³-hybridized carbons (Fsp3) is 0.308. The van der Waals surface area contributed by atoms with E-state index in [2.05, 4.69) is 5.18 Å². The highest BCUT2D eigenvalue weighted by Gasteiger charge is 2.21. The van der Waals surface area contributed by atoms with Crippen LogP contribution in [0.2, 0.25) is 0 Å². The number of hydrogen-bond acceptors (Lipinski definition) is 5. The molecule has 2 aromatic rings. The molecule has 0 saturated heterocycles. The summed E-state index contributed by atoms with van der Waals surface area (Å²) in [7, 11) is 1.42. The topological polar surface area (TPSA) is 69.9 Å². The summed E-state index contributed by atoms with van der Waals surface area (Å²) in [5.74, 6) is -1.16. The molecule has 2 rings (SSSR count). The Morgan fingerprint density at radius 2 is 2.20 bits per heavy atom. The first-order valence-electron chi connectivity index (χ1n) is 5.95. The fourth-order valence-electron chi connectivity index (χ4n) is 2.04. The van der Waals surface area contributed by atoms with E-state index in [1.165, 1.54) is 23.8 Å². The molecule has 0 aliphatic heterocycles. The molecule has 0 spiro atoms. The van der Waals surface area contributed by atoms with Crippen molar-refractivity contribution in [1.82, 2.24) is 4.57 Å². The zero-order valence-corrected chi connectivity index (χ0v) is 11.1. The average molecular weight is 280 g/mol. The lowest BCUT2D eigenvalue weighted by atomic mass is 10.2. The Labute approximate surface area is 114 Å². The van der Waals surface area contributed by atoms with Gasteiger partial charge >= 0.3 is 5.97 Å². The van der Waals surface area contributed by atoms with Gasteiger partial charge < -0.3 is 14.0 Å². The minimum atomic E-state index is -0.614. The molecule has 7 heteroatoms. The van der Waals surface area contributed by atoms with Crippen LogP contribution in [0.1, 0.15) is 17.4 Å². The van der Waals surface area contributed by atoms with Gasteiger partial charge in [-0.25, -0.2) is 9.18 Å². The van der Waals surface area contributed by atoms with Crippen LogP contribution in [0.4, 0.5) is 10.1 Å². The van der Waals surface area contributed by atoms with Crippen molar-refractivity contribution in [2.45, 2.75) is 13.7 Å². The summed E-state index contributed by atoms with van der Waals surface area (Å²) < 4.78 is 25.1. The number of nitrogens with zero attached hydrogens (tertiary/aromatic N) is 2. The Hall–Kier alpha value is -2.28. The molecule has 6 nitrogen and oxygen atoms in total. The van der Waals surface area contributed by atoms with E-state index in [4.69, 9.17) is 9.47 Å². The summed E-state index contributed by atoms with van der Waals surface area (Å²) in [5.41, 5.74) is 0.359. The molecule has 0 bridgehead atoms. The monoisotopic (exact) mass is 280 g/mol. The van der Waals surface area contributed by atoms with Gasteiger partial charge in [0.25, 0.3) is 0 Å². The molecule has 0 atom stereocenters. The number of rotatable bonds is 5. The standard InChI is InChI=1S/C13H13FN2O4/c1-3-20-13(17)11-6-8-9(14)4-5-10(15-18)12(8)16(11)7-19-2/h4-6H,3,7H2,1-2H3. The maximum absolute atomic E-state index is 13.8. The maximum Gasteiger partial charge on any atom is 0.355 e. The highest BCUT2D eigenvalue weighted by Crippen LogP contribution is 2.31. The van der Waals surface area contributed by atoms with Gasteiger partial charge in [0.2, 0.25) is 0 Å². The van der Waals surface area contributed by atoms with Crippen molar-refractivity contribution in [3.63, 3.8) is 0 Å². The quantitative estimate of drug-likeness (QED) is 0.623. The number of halogens is 1. The number of esters is 1. The Kier molecular flexibility index (Phi) is 4.09. The van der Waals surface area contributed by atoms with E-state index < -0.39 is 11.8 Å². The number of carbonyl (C=O) groups excluding carboxylic acids is 1. The van der Waals surface area contributed by atoms with E-state index in [1.54, 1.807) is 6.92 Å². The zero-order chi connectivity index (χ0) is 14.7. The third-order valence-electron chi connectivity index (χ3n) is 2.83. The van der Waals surface area contributed by atoms with Crippen molar-refractivity contribution in [2.24, 2.45) is 5.18 Å². The van der Waals surface area contributed by atoms with Crippen LogP contribution in [0.25, 0.3) is 10.9 Å². The van der Waals surface area contributed by atoms with Crippen LogP contribution in [0.3, 0.4) is 0 Å². The van der Waals surface area contributed by atoms with Crippen LogP contribution in [0.5, 0.6) is 0 Å². The zero-order valence-electron chi connectivity index (χ0n) is 11.1. The number of methoxy groups -OCH3 is 1. The van der Waals surface area contributed by atoms with E-state index in [9.17, 15) is 14.1 Å². The van der Waals surface area contributed by atoms with E-state index >= 15 is 0 Å². The van der Waals surface area contributed by atoms with E-state index in [-0.39, 0.29) is 35.6 Å². The van der Waals surface area contributed by atoms with Crippen LogP contribution in [0, 0.1) is 10.7 Å². The summed E-state index contributed by atoms with van der Waals surface area (Å²) in [4.78, 5) is 22.7. The van der Waals surface area contributed by atoms with Gasteiger partial charge in [-0.05, 0) is 30.3 Å².